The van der Waals surface area contributed by atoms with Crippen molar-refractivity contribution in [3.63, 3.8) is 0 Å². The van der Waals surface area contributed by atoms with Crippen LogP contribution in [0.15, 0.2) is 23.2 Å². The summed E-state index contributed by atoms with van der Waals surface area (Å²) < 4.78 is 16.5. The highest BCUT2D eigenvalue weighted by atomic mass is 32.2. The molecule has 27 heavy (non-hydrogen) atoms. The Kier molecular flexibility index (Phi) is 8.57. The maximum Gasteiger partial charge on any atom is 0.194 e. The summed E-state index contributed by atoms with van der Waals surface area (Å²) in [5, 5.41) is 3.41. The number of thioether (sulfide) groups is 1. The summed E-state index contributed by atoms with van der Waals surface area (Å²) in [6.07, 6.45) is 4.28. The first-order chi connectivity index (χ1) is 13.1. The van der Waals surface area contributed by atoms with Crippen molar-refractivity contribution in [3.8, 4) is 11.5 Å². The summed E-state index contributed by atoms with van der Waals surface area (Å²) >= 11 is 1.91. The van der Waals surface area contributed by atoms with Gasteiger partial charge in [-0.25, -0.2) is 0 Å². The minimum absolute atomic E-state index is 0.178. The van der Waals surface area contributed by atoms with E-state index in [1.54, 1.807) is 14.2 Å². The topological polar surface area (TPSA) is 55.3 Å². The van der Waals surface area contributed by atoms with E-state index >= 15 is 0 Å². The lowest BCUT2D eigenvalue weighted by atomic mass is 9.99. The third-order valence-electron chi connectivity index (χ3n) is 4.95. The van der Waals surface area contributed by atoms with Crippen LogP contribution in [0.3, 0.4) is 0 Å². The van der Waals surface area contributed by atoms with E-state index in [1.165, 1.54) is 0 Å². The van der Waals surface area contributed by atoms with Crippen LogP contribution in [-0.4, -0.2) is 69.4 Å². The van der Waals surface area contributed by atoms with Gasteiger partial charge in [-0.15, -0.1) is 0 Å². The molecule has 0 spiro atoms. The van der Waals surface area contributed by atoms with Crippen LogP contribution in [0.2, 0.25) is 0 Å². The molecule has 0 aliphatic carbocycles. The number of hydrogen-bond donors (Lipinski definition) is 1. The minimum Gasteiger partial charge on any atom is -0.497 e. The number of guanidine groups is 1. The van der Waals surface area contributed by atoms with E-state index in [0.29, 0.717) is 6.54 Å². The Morgan fingerprint density at radius 3 is 2.63 bits per heavy atom. The Labute approximate surface area is 167 Å². The molecule has 1 N–H and O–H groups in total. The zero-order valence-corrected chi connectivity index (χ0v) is 18.0. The maximum absolute atomic E-state index is 5.54. The number of benzene rings is 1. The highest BCUT2D eigenvalue weighted by Crippen LogP contribution is 2.34. The minimum atomic E-state index is 0.178. The lowest BCUT2D eigenvalue weighted by molar-refractivity contribution is 0.0793. The molecule has 2 rings (SSSR count). The summed E-state index contributed by atoms with van der Waals surface area (Å²) in [6, 6.07) is 5.91. The van der Waals surface area contributed by atoms with E-state index in [1.807, 2.05) is 30.0 Å². The van der Waals surface area contributed by atoms with E-state index in [2.05, 4.69) is 30.4 Å². The molecule has 7 heteroatoms. The molecule has 0 atom stereocenters. The second-order valence-electron chi connectivity index (χ2n) is 6.70. The molecule has 152 valence electrons. The average molecular weight is 396 g/mol. The molecule has 0 saturated carbocycles. The average Bonchev–Trinajstić information content (AvgIpc) is 2.71. The third-order valence-corrected chi connectivity index (χ3v) is 6.36. The standard InChI is InChI=1S/C20H33N3O3S/c1-6-21-19(22-15-20(27-5)9-11-26-12-10-20)23(2)14-16-7-8-17(24-3)13-18(16)25-4/h7-8,13H,6,9-12,14-15H2,1-5H3,(H,21,22). The summed E-state index contributed by atoms with van der Waals surface area (Å²) in [5.41, 5.74) is 1.09. The zero-order chi connectivity index (χ0) is 19.7. The molecule has 0 bridgehead atoms. The first-order valence-corrected chi connectivity index (χ1v) is 10.6. The number of ether oxygens (including phenoxy) is 3. The zero-order valence-electron chi connectivity index (χ0n) is 17.2. The molecule has 1 aliphatic heterocycles. The van der Waals surface area contributed by atoms with E-state index in [9.17, 15) is 0 Å². The molecule has 0 aromatic heterocycles. The number of aliphatic imine (C=N–C) groups is 1. The van der Waals surface area contributed by atoms with Gasteiger partial charge in [0, 0.05) is 49.7 Å². The predicted molar refractivity (Wildman–Crippen MR) is 113 cm³/mol. The molecule has 1 aromatic carbocycles. The molecule has 1 heterocycles. The Hall–Kier alpha value is -1.60. The van der Waals surface area contributed by atoms with Gasteiger partial charge in [0.25, 0.3) is 0 Å². The fraction of sp³-hybridized carbons (Fsp3) is 0.650. The summed E-state index contributed by atoms with van der Waals surface area (Å²) in [4.78, 5) is 7.10. The fourth-order valence-corrected chi connectivity index (χ4v) is 3.94. The van der Waals surface area contributed by atoms with E-state index < -0.39 is 0 Å². The molecular formula is C20H33N3O3S. The SMILES string of the molecule is CCNC(=NCC1(SC)CCOCC1)N(C)Cc1ccc(OC)cc1OC. The Morgan fingerprint density at radius 2 is 2.04 bits per heavy atom. The maximum atomic E-state index is 5.54. The molecule has 1 aromatic rings. The largest absolute Gasteiger partial charge is 0.497 e. The van der Waals surface area contributed by atoms with Crippen molar-refractivity contribution >= 4 is 17.7 Å². The first-order valence-electron chi connectivity index (χ1n) is 9.40. The van der Waals surface area contributed by atoms with Gasteiger partial charge in [0.1, 0.15) is 11.5 Å². The normalized spacial score (nSPS) is 16.7. The van der Waals surface area contributed by atoms with E-state index in [-0.39, 0.29) is 4.75 Å². The van der Waals surface area contributed by atoms with Gasteiger partial charge >= 0.3 is 0 Å². The van der Waals surface area contributed by atoms with Gasteiger partial charge in [-0.3, -0.25) is 4.99 Å². The number of hydrogen-bond acceptors (Lipinski definition) is 5. The number of nitrogens with zero attached hydrogens (tertiary/aromatic N) is 2. The Balaban J connectivity index is 2.13. The molecule has 0 unspecified atom stereocenters. The van der Waals surface area contributed by atoms with Crippen molar-refractivity contribution < 1.29 is 14.2 Å². The smallest absolute Gasteiger partial charge is 0.194 e. The Bertz CT molecular complexity index is 618. The third kappa shape index (κ3) is 5.94. The van der Waals surface area contributed by atoms with Crippen LogP contribution in [0.1, 0.15) is 25.3 Å². The van der Waals surface area contributed by atoms with Crippen LogP contribution in [0.5, 0.6) is 11.5 Å². The van der Waals surface area contributed by atoms with E-state index in [0.717, 1.165) is 62.2 Å². The predicted octanol–water partition coefficient (Wildman–Crippen LogP) is 3.01. The summed E-state index contributed by atoms with van der Waals surface area (Å²) in [6.45, 7) is 6.07. The highest BCUT2D eigenvalue weighted by Gasteiger charge is 2.31. The van der Waals surface area contributed by atoms with Crippen molar-refractivity contribution in [1.82, 2.24) is 10.2 Å². The molecule has 6 nitrogen and oxygen atoms in total. The monoisotopic (exact) mass is 395 g/mol. The molecular weight excluding hydrogens is 362 g/mol. The summed E-state index contributed by atoms with van der Waals surface area (Å²) in [7, 11) is 5.40. The van der Waals surface area contributed by atoms with Crippen LogP contribution in [0, 0.1) is 0 Å². The fourth-order valence-electron chi connectivity index (χ4n) is 3.17. The Morgan fingerprint density at radius 1 is 1.30 bits per heavy atom. The quantitative estimate of drug-likeness (QED) is 0.539. The van der Waals surface area contributed by atoms with Gasteiger partial charge in [0.15, 0.2) is 5.96 Å². The van der Waals surface area contributed by atoms with Crippen molar-refractivity contribution in [2.45, 2.75) is 31.1 Å². The van der Waals surface area contributed by atoms with Crippen molar-refractivity contribution in [1.29, 1.82) is 0 Å². The van der Waals surface area contributed by atoms with Crippen LogP contribution in [0.25, 0.3) is 0 Å². The van der Waals surface area contributed by atoms with Crippen LogP contribution in [-0.2, 0) is 11.3 Å². The van der Waals surface area contributed by atoms with Gasteiger partial charge in [-0.05, 0) is 38.2 Å². The molecule has 1 saturated heterocycles. The molecule has 0 amide bonds. The number of methoxy groups -OCH3 is 2. The van der Waals surface area contributed by atoms with Crippen LogP contribution in [0.4, 0.5) is 0 Å². The first kappa shape index (κ1) is 21.7. The second-order valence-corrected chi connectivity index (χ2v) is 7.98. The molecule has 1 aliphatic rings. The second kappa shape index (κ2) is 10.7. The number of nitrogens with one attached hydrogen (secondary N) is 1. The number of rotatable bonds is 8. The van der Waals surface area contributed by atoms with Crippen molar-refractivity contribution in [2.24, 2.45) is 4.99 Å². The van der Waals surface area contributed by atoms with Gasteiger partial charge in [0.05, 0.1) is 20.8 Å². The van der Waals surface area contributed by atoms with Crippen LogP contribution < -0.4 is 14.8 Å². The lowest BCUT2D eigenvalue weighted by Crippen LogP contribution is -2.41. The van der Waals surface area contributed by atoms with Crippen molar-refractivity contribution in [2.75, 3.05) is 53.8 Å². The molecule has 1 fully saturated rings. The summed E-state index contributed by atoms with van der Waals surface area (Å²) in [5.74, 6) is 2.53. The van der Waals surface area contributed by atoms with Crippen molar-refractivity contribution in [3.05, 3.63) is 23.8 Å². The lowest BCUT2D eigenvalue weighted by Gasteiger charge is -2.34. The van der Waals surface area contributed by atoms with Gasteiger partial charge in [-0.2, -0.15) is 11.8 Å². The van der Waals surface area contributed by atoms with Crippen LogP contribution >= 0.6 is 11.8 Å². The van der Waals surface area contributed by atoms with Gasteiger partial charge < -0.3 is 24.4 Å². The van der Waals surface area contributed by atoms with Gasteiger partial charge in [0.2, 0.25) is 0 Å². The highest BCUT2D eigenvalue weighted by molar-refractivity contribution is 8.00. The molecule has 0 radical (unpaired) electrons. The van der Waals surface area contributed by atoms with Gasteiger partial charge in [-0.1, -0.05) is 0 Å². The van der Waals surface area contributed by atoms with E-state index in [4.69, 9.17) is 19.2 Å².